The number of carbonyl (C=O) groups excluding carboxylic acids is 2. The second kappa shape index (κ2) is 8.10. The van der Waals surface area contributed by atoms with Gasteiger partial charge in [0.2, 0.25) is 0 Å². The van der Waals surface area contributed by atoms with E-state index in [1.165, 1.54) is 7.11 Å². The molecule has 0 unspecified atom stereocenters. The highest BCUT2D eigenvalue weighted by atomic mass is 35.5. The van der Waals surface area contributed by atoms with Crippen LogP contribution in [0.4, 0.5) is 5.69 Å². The van der Waals surface area contributed by atoms with Crippen molar-refractivity contribution in [3.8, 4) is 11.5 Å². The average molecular weight is 384 g/mol. The molecule has 0 aliphatic rings. The van der Waals surface area contributed by atoms with Crippen molar-refractivity contribution in [3.63, 3.8) is 0 Å². The van der Waals surface area contributed by atoms with Crippen LogP contribution < -0.4 is 14.8 Å². The van der Waals surface area contributed by atoms with E-state index in [1.807, 2.05) is 30.3 Å². The molecule has 0 fully saturated rings. The number of aldehydes is 1. The lowest BCUT2D eigenvalue weighted by atomic mass is 10.0. The standard InChI is InChI=1S/C21H18ClNO4/c1-13(21(25)23-18-11-15(22)8-10-20(18)26-2)27-19-9-7-14-5-3-4-6-16(14)17(19)12-24/h3-13H,1-2H3,(H,23,25)/t13-/m0/s1. The molecular weight excluding hydrogens is 366 g/mol. The monoisotopic (exact) mass is 383 g/mol. The molecule has 0 aromatic heterocycles. The van der Waals surface area contributed by atoms with Crippen LogP contribution in [0.15, 0.2) is 54.6 Å². The van der Waals surface area contributed by atoms with Crippen LogP contribution in [0.2, 0.25) is 5.02 Å². The predicted molar refractivity (Wildman–Crippen MR) is 106 cm³/mol. The number of amides is 1. The first kappa shape index (κ1) is 18.7. The fourth-order valence-electron chi connectivity index (χ4n) is 2.76. The Kier molecular flexibility index (Phi) is 5.62. The maximum absolute atomic E-state index is 12.5. The first-order valence-corrected chi connectivity index (χ1v) is 8.69. The second-order valence-corrected chi connectivity index (χ2v) is 6.35. The molecule has 1 atom stereocenters. The Balaban J connectivity index is 1.82. The van der Waals surface area contributed by atoms with Gasteiger partial charge in [-0.15, -0.1) is 0 Å². The van der Waals surface area contributed by atoms with Crippen molar-refractivity contribution < 1.29 is 19.1 Å². The van der Waals surface area contributed by atoms with E-state index in [1.54, 1.807) is 31.2 Å². The normalized spacial score (nSPS) is 11.7. The van der Waals surface area contributed by atoms with Gasteiger partial charge >= 0.3 is 0 Å². The van der Waals surface area contributed by atoms with Crippen LogP contribution in [0.3, 0.4) is 0 Å². The van der Waals surface area contributed by atoms with Crippen molar-refractivity contribution in [1.29, 1.82) is 0 Å². The third-order valence-corrected chi connectivity index (χ3v) is 4.38. The number of ether oxygens (including phenoxy) is 2. The SMILES string of the molecule is COc1ccc(Cl)cc1NC(=O)[C@H](C)Oc1ccc2ccccc2c1C=O. The van der Waals surface area contributed by atoms with E-state index in [0.717, 1.165) is 17.1 Å². The van der Waals surface area contributed by atoms with Gasteiger partial charge in [-0.1, -0.05) is 41.9 Å². The van der Waals surface area contributed by atoms with Gasteiger partial charge in [0.1, 0.15) is 11.5 Å². The zero-order chi connectivity index (χ0) is 19.4. The van der Waals surface area contributed by atoms with Crippen LogP contribution in [-0.4, -0.2) is 25.4 Å². The summed E-state index contributed by atoms with van der Waals surface area (Å²) >= 11 is 5.98. The molecule has 1 amide bonds. The lowest BCUT2D eigenvalue weighted by molar-refractivity contribution is -0.122. The van der Waals surface area contributed by atoms with Crippen molar-refractivity contribution in [2.75, 3.05) is 12.4 Å². The van der Waals surface area contributed by atoms with E-state index in [4.69, 9.17) is 21.1 Å². The molecule has 3 aromatic rings. The van der Waals surface area contributed by atoms with Gasteiger partial charge in [-0.2, -0.15) is 0 Å². The van der Waals surface area contributed by atoms with Crippen molar-refractivity contribution >= 4 is 40.3 Å². The van der Waals surface area contributed by atoms with Crippen LogP contribution in [0.5, 0.6) is 11.5 Å². The summed E-state index contributed by atoms with van der Waals surface area (Å²) in [6.45, 7) is 1.61. The Labute approximate surface area is 161 Å². The topological polar surface area (TPSA) is 64.6 Å². The zero-order valence-corrected chi connectivity index (χ0v) is 15.6. The van der Waals surface area contributed by atoms with Crippen molar-refractivity contribution in [1.82, 2.24) is 0 Å². The van der Waals surface area contributed by atoms with E-state index in [9.17, 15) is 9.59 Å². The number of hydrogen-bond donors (Lipinski definition) is 1. The van der Waals surface area contributed by atoms with Gasteiger partial charge < -0.3 is 14.8 Å². The first-order chi connectivity index (χ1) is 13.0. The maximum atomic E-state index is 12.5. The summed E-state index contributed by atoms with van der Waals surface area (Å²) in [7, 11) is 1.50. The van der Waals surface area contributed by atoms with Crippen molar-refractivity contribution in [2.24, 2.45) is 0 Å². The Hall–Kier alpha value is -3.05. The van der Waals surface area contributed by atoms with Gasteiger partial charge in [0.05, 0.1) is 18.4 Å². The number of hydrogen-bond acceptors (Lipinski definition) is 4. The second-order valence-electron chi connectivity index (χ2n) is 5.91. The average Bonchev–Trinajstić information content (AvgIpc) is 2.68. The number of rotatable bonds is 6. The summed E-state index contributed by atoms with van der Waals surface area (Å²) in [4.78, 5) is 24.1. The van der Waals surface area contributed by atoms with Gasteiger partial charge in [-0.05, 0) is 42.0 Å². The summed E-state index contributed by atoms with van der Waals surface area (Å²) in [5.74, 6) is 0.448. The molecule has 0 bridgehead atoms. The van der Waals surface area contributed by atoms with Crippen molar-refractivity contribution in [3.05, 3.63) is 65.2 Å². The molecule has 0 saturated heterocycles. The van der Waals surface area contributed by atoms with E-state index in [-0.39, 0.29) is 5.91 Å². The van der Waals surface area contributed by atoms with Crippen molar-refractivity contribution in [2.45, 2.75) is 13.0 Å². The molecule has 1 N–H and O–H groups in total. The smallest absolute Gasteiger partial charge is 0.265 e. The minimum atomic E-state index is -0.839. The van der Waals surface area contributed by atoms with Gasteiger partial charge in [-0.3, -0.25) is 9.59 Å². The molecule has 3 aromatic carbocycles. The molecule has 0 aliphatic carbocycles. The summed E-state index contributed by atoms with van der Waals surface area (Å²) in [6, 6.07) is 16.0. The zero-order valence-electron chi connectivity index (χ0n) is 14.9. The third-order valence-electron chi connectivity index (χ3n) is 4.14. The highest BCUT2D eigenvalue weighted by Crippen LogP contribution is 2.29. The van der Waals surface area contributed by atoms with E-state index in [0.29, 0.717) is 27.8 Å². The Morgan fingerprint density at radius 3 is 2.59 bits per heavy atom. The molecular formula is C21H18ClNO4. The Bertz CT molecular complexity index is 1000. The van der Waals surface area contributed by atoms with Crippen LogP contribution >= 0.6 is 11.6 Å². The molecule has 0 heterocycles. The number of halogens is 1. The largest absolute Gasteiger partial charge is 0.495 e. The fourth-order valence-corrected chi connectivity index (χ4v) is 2.93. The molecule has 6 heteroatoms. The lowest BCUT2D eigenvalue weighted by Gasteiger charge is -2.18. The van der Waals surface area contributed by atoms with Gasteiger partial charge in [-0.25, -0.2) is 0 Å². The minimum absolute atomic E-state index is 0.351. The Morgan fingerprint density at radius 2 is 1.85 bits per heavy atom. The fraction of sp³-hybridized carbons (Fsp3) is 0.143. The molecule has 0 spiro atoms. The summed E-state index contributed by atoms with van der Waals surface area (Å²) in [5.41, 5.74) is 0.854. The number of nitrogens with one attached hydrogen (secondary N) is 1. The van der Waals surface area contributed by atoms with Crippen LogP contribution in [0.1, 0.15) is 17.3 Å². The molecule has 0 radical (unpaired) electrons. The lowest BCUT2D eigenvalue weighted by Crippen LogP contribution is -2.30. The summed E-state index contributed by atoms with van der Waals surface area (Å²) < 4.78 is 11.0. The maximum Gasteiger partial charge on any atom is 0.265 e. The highest BCUT2D eigenvalue weighted by Gasteiger charge is 2.19. The van der Waals surface area contributed by atoms with Gasteiger partial charge in [0, 0.05) is 5.02 Å². The molecule has 5 nitrogen and oxygen atoms in total. The minimum Gasteiger partial charge on any atom is -0.495 e. The number of anilines is 1. The quantitative estimate of drug-likeness (QED) is 0.625. The Morgan fingerprint density at radius 1 is 1.11 bits per heavy atom. The number of benzene rings is 3. The van der Waals surface area contributed by atoms with Crippen LogP contribution in [0, 0.1) is 0 Å². The molecule has 27 heavy (non-hydrogen) atoms. The summed E-state index contributed by atoms with van der Waals surface area (Å²) in [5, 5.41) is 4.90. The highest BCUT2D eigenvalue weighted by molar-refractivity contribution is 6.31. The first-order valence-electron chi connectivity index (χ1n) is 8.31. The van der Waals surface area contributed by atoms with E-state index >= 15 is 0 Å². The molecule has 0 aliphatic heterocycles. The van der Waals surface area contributed by atoms with Crippen LogP contribution in [-0.2, 0) is 4.79 Å². The predicted octanol–water partition coefficient (Wildman–Crippen LogP) is 4.72. The summed E-state index contributed by atoms with van der Waals surface area (Å²) in [6.07, 6.45) is -0.101. The third kappa shape index (κ3) is 4.04. The molecule has 138 valence electrons. The van der Waals surface area contributed by atoms with E-state index < -0.39 is 6.10 Å². The van der Waals surface area contributed by atoms with Gasteiger partial charge in [0.15, 0.2) is 12.4 Å². The van der Waals surface area contributed by atoms with Crippen LogP contribution in [0.25, 0.3) is 10.8 Å². The molecule has 0 saturated carbocycles. The number of carbonyl (C=O) groups is 2. The molecule has 3 rings (SSSR count). The number of methoxy groups -OCH3 is 1. The van der Waals surface area contributed by atoms with Gasteiger partial charge in [0.25, 0.3) is 5.91 Å². The number of fused-ring (bicyclic) bond motifs is 1. The van der Waals surface area contributed by atoms with E-state index in [2.05, 4.69) is 5.32 Å².